The van der Waals surface area contributed by atoms with Gasteiger partial charge in [0.1, 0.15) is 17.2 Å². The van der Waals surface area contributed by atoms with Gasteiger partial charge in [0.15, 0.2) is 5.16 Å². The molecule has 0 aliphatic carbocycles. The number of phenols is 2. The molecule has 2 rings (SSSR count). The van der Waals surface area contributed by atoms with E-state index in [2.05, 4.69) is 15.1 Å². The summed E-state index contributed by atoms with van der Waals surface area (Å²) < 4.78 is 0. The highest BCUT2D eigenvalue weighted by atomic mass is 32.2. The highest BCUT2D eigenvalue weighted by molar-refractivity contribution is 7.99. The standard InChI is InChI=1S/C13H13N3O4S/c1-7-4-12(19)15-13(14-7)21-6-10(16-20)9-3-2-8(17)5-11(9)18/h2-5,17-18,20H,6H2,1H3,(H,14,15,19)/b16-10-. The largest absolute Gasteiger partial charge is 0.508 e. The maximum atomic E-state index is 11.3. The number of phenolic OH excluding ortho intramolecular Hbond substituents is 2. The van der Waals surface area contributed by atoms with Crippen LogP contribution in [0.2, 0.25) is 0 Å². The number of aryl methyl sites for hydroxylation is 1. The number of hydrogen-bond acceptors (Lipinski definition) is 7. The van der Waals surface area contributed by atoms with E-state index in [0.29, 0.717) is 10.9 Å². The number of benzene rings is 1. The Labute approximate surface area is 124 Å². The first-order valence-electron chi connectivity index (χ1n) is 5.93. The normalized spacial score (nSPS) is 11.6. The van der Waals surface area contributed by atoms with Crippen LogP contribution in [0, 0.1) is 6.92 Å². The van der Waals surface area contributed by atoms with Crippen molar-refractivity contribution in [1.82, 2.24) is 9.97 Å². The summed E-state index contributed by atoms with van der Waals surface area (Å²) in [5.74, 6) is -0.110. The Hall–Kier alpha value is -2.48. The van der Waals surface area contributed by atoms with Crippen LogP contribution in [-0.2, 0) is 0 Å². The SMILES string of the molecule is Cc1cc(=O)[nH]c(SC/C(=N/O)c2ccc(O)cc2O)n1. The number of H-pyrrole nitrogens is 1. The molecule has 0 saturated carbocycles. The Morgan fingerprint density at radius 2 is 2.14 bits per heavy atom. The van der Waals surface area contributed by atoms with Gasteiger partial charge in [-0.25, -0.2) is 4.98 Å². The first kappa shape index (κ1) is 14.9. The van der Waals surface area contributed by atoms with Gasteiger partial charge >= 0.3 is 0 Å². The van der Waals surface area contributed by atoms with Gasteiger partial charge in [-0.1, -0.05) is 16.9 Å². The molecule has 0 amide bonds. The number of aromatic nitrogens is 2. The van der Waals surface area contributed by atoms with Crippen LogP contribution in [0.1, 0.15) is 11.3 Å². The lowest BCUT2D eigenvalue weighted by Crippen LogP contribution is -2.10. The number of aromatic amines is 1. The topological polar surface area (TPSA) is 119 Å². The van der Waals surface area contributed by atoms with Crippen LogP contribution in [0.5, 0.6) is 11.5 Å². The Morgan fingerprint density at radius 3 is 2.76 bits per heavy atom. The second kappa shape index (κ2) is 6.31. The predicted molar refractivity (Wildman–Crippen MR) is 78.4 cm³/mol. The third-order valence-electron chi connectivity index (χ3n) is 2.61. The molecule has 0 radical (unpaired) electrons. The van der Waals surface area contributed by atoms with Gasteiger partial charge in [-0.15, -0.1) is 0 Å². The summed E-state index contributed by atoms with van der Waals surface area (Å²) in [6.07, 6.45) is 0. The van der Waals surface area contributed by atoms with Crippen LogP contribution in [0.15, 0.2) is 39.4 Å². The molecule has 0 spiro atoms. The zero-order valence-electron chi connectivity index (χ0n) is 11.1. The van der Waals surface area contributed by atoms with Gasteiger partial charge in [-0.05, 0) is 19.1 Å². The minimum absolute atomic E-state index is 0.0918. The van der Waals surface area contributed by atoms with Crippen LogP contribution >= 0.6 is 11.8 Å². The van der Waals surface area contributed by atoms with Gasteiger partial charge in [0.2, 0.25) is 0 Å². The smallest absolute Gasteiger partial charge is 0.251 e. The van der Waals surface area contributed by atoms with Crippen molar-refractivity contribution in [3.8, 4) is 11.5 Å². The Kier molecular flexibility index (Phi) is 4.49. The summed E-state index contributed by atoms with van der Waals surface area (Å²) in [4.78, 5) is 18.0. The lowest BCUT2D eigenvalue weighted by molar-refractivity contribution is 0.319. The summed E-state index contributed by atoms with van der Waals surface area (Å²) >= 11 is 1.16. The number of thioether (sulfide) groups is 1. The highest BCUT2D eigenvalue weighted by Crippen LogP contribution is 2.25. The molecule has 7 nitrogen and oxygen atoms in total. The fraction of sp³-hybridized carbons (Fsp3) is 0.154. The number of nitrogens with zero attached hydrogens (tertiary/aromatic N) is 2. The minimum atomic E-state index is -0.264. The molecule has 0 aliphatic rings. The van der Waals surface area contributed by atoms with E-state index in [1.165, 1.54) is 18.2 Å². The van der Waals surface area contributed by atoms with Crippen molar-refractivity contribution in [2.45, 2.75) is 12.1 Å². The van der Waals surface area contributed by atoms with E-state index in [1.54, 1.807) is 6.92 Å². The molecule has 0 aliphatic heterocycles. The van der Waals surface area contributed by atoms with Crippen LogP contribution < -0.4 is 5.56 Å². The third-order valence-corrected chi connectivity index (χ3v) is 3.49. The van der Waals surface area contributed by atoms with Gasteiger partial charge in [-0.3, -0.25) is 4.79 Å². The summed E-state index contributed by atoms with van der Waals surface area (Å²) in [7, 11) is 0. The van der Waals surface area contributed by atoms with Crippen LogP contribution in [0.25, 0.3) is 0 Å². The average molecular weight is 307 g/mol. The lowest BCUT2D eigenvalue weighted by atomic mass is 10.1. The maximum Gasteiger partial charge on any atom is 0.251 e. The monoisotopic (exact) mass is 307 g/mol. The molecule has 0 unspecified atom stereocenters. The van der Waals surface area contributed by atoms with E-state index in [0.717, 1.165) is 17.8 Å². The first-order valence-corrected chi connectivity index (χ1v) is 6.92. The Balaban J connectivity index is 2.18. The molecular formula is C13H13N3O4S. The molecule has 0 saturated heterocycles. The van der Waals surface area contributed by atoms with Crippen LogP contribution in [0.4, 0.5) is 0 Å². The van der Waals surface area contributed by atoms with Gasteiger partial charge in [0, 0.05) is 29.1 Å². The molecule has 1 aromatic heterocycles. The molecule has 8 heteroatoms. The fourth-order valence-corrected chi connectivity index (χ4v) is 2.55. The lowest BCUT2D eigenvalue weighted by Gasteiger charge is -2.07. The molecule has 1 aromatic carbocycles. The van der Waals surface area contributed by atoms with E-state index >= 15 is 0 Å². The maximum absolute atomic E-state index is 11.3. The molecule has 21 heavy (non-hydrogen) atoms. The van der Waals surface area contributed by atoms with E-state index < -0.39 is 0 Å². The number of aromatic hydroxyl groups is 2. The van der Waals surface area contributed by atoms with Crippen molar-refractivity contribution in [2.75, 3.05) is 5.75 Å². The quantitative estimate of drug-likeness (QED) is 0.223. The van der Waals surface area contributed by atoms with E-state index in [4.69, 9.17) is 5.21 Å². The number of nitrogens with one attached hydrogen (secondary N) is 1. The Bertz CT molecular complexity index is 742. The average Bonchev–Trinajstić information content (AvgIpc) is 2.40. The molecule has 2 aromatic rings. The molecular weight excluding hydrogens is 294 g/mol. The predicted octanol–water partition coefficient (Wildman–Crippen LogP) is 1.46. The van der Waals surface area contributed by atoms with Crippen LogP contribution in [-0.4, -0.2) is 36.9 Å². The summed E-state index contributed by atoms with van der Waals surface area (Å²) in [6, 6.07) is 5.33. The molecule has 1 heterocycles. The zero-order valence-corrected chi connectivity index (χ0v) is 11.9. The molecule has 4 N–H and O–H groups in total. The fourth-order valence-electron chi connectivity index (χ4n) is 1.68. The second-order valence-corrected chi connectivity index (χ2v) is 5.19. The van der Waals surface area contributed by atoms with E-state index in [1.807, 2.05) is 0 Å². The number of rotatable bonds is 4. The highest BCUT2D eigenvalue weighted by Gasteiger charge is 2.12. The molecule has 110 valence electrons. The van der Waals surface area contributed by atoms with Gasteiger partial charge in [-0.2, -0.15) is 0 Å². The number of hydrogen-bond donors (Lipinski definition) is 4. The summed E-state index contributed by atoms with van der Waals surface area (Å²) in [5, 5.41) is 31.6. The van der Waals surface area contributed by atoms with Gasteiger partial charge in [0.05, 0.1) is 0 Å². The molecule has 0 bridgehead atoms. The van der Waals surface area contributed by atoms with Gasteiger partial charge < -0.3 is 20.4 Å². The van der Waals surface area contributed by atoms with E-state index in [-0.39, 0.29) is 34.1 Å². The molecule has 0 fully saturated rings. The number of oxime groups is 1. The van der Waals surface area contributed by atoms with Crippen molar-refractivity contribution in [3.05, 3.63) is 45.9 Å². The minimum Gasteiger partial charge on any atom is -0.508 e. The second-order valence-electron chi connectivity index (χ2n) is 4.23. The van der Waals surface area contributed by atoms with Crippen molar-refractivity contribution in [3.63, 3.8) is 0 Å². The summed E-state index contributed by atoms with van der Waals surface area (Å²) in [6.45, 7) is 1.70. The Morgan fingerprint density at radius 1 is 1.38 bits per heavy atom. The van der Waals surface area contributed by atoms with Crippen LogP contribution in [0.3, 0.4) is 0 Å². The van der Waals surface area contributed by atoms with E-state index in [9.17, 15) is 15.0 Å². The third kappa shape index (κ3) is 3.76. The van der Waals surface area contributed by atoms with Crippen molar-refractivity contribution in [2.24, 2.45) is 5.16 Å². The van der Waals surface area contributed by atoms with Gasteiger partial charge in [0.25, 0.3) is 5.56 Å². The zero-order chi connectivity index (χ0) is 15.4. The van der Waals surface area contributed by atoms with Crippen molar-refractivity contribution in [1.29, 1.82) is 0 Å². The molecule has 0 atom stereocenters. The van der Waals surface area contributed by atoms with Crippen molar-refractivity contribution < 1.29 is 15.4 Å². The summed E-state index contributed by atoms with van der Waals surface area (Å²) in [5.41, 5.74) is 0.802. The van der Waals surface area contributed by atoms with Crippen molar-refractivity contribution >= 4 is 17.5 Å². The first-order chi connectivity index (χ1) is 9.99.